The van der Waals surface area contributed by atoms with Crippen molar-refractivity contribution in [3.63, 3.8) is 0 Å². The van der Waals surface area contributed by atoms with Gasteiger partial charge in [0.2, 0.25) is 0 Å². The summed E-state index contributed by atoms with van der Waals surface area (Å²) in [4.78, 5) is 2.45. The summed E-state index contributed by atoms with van der Waals surface area (Å²) in [5, 5.41) is 9.11. The molecule has 1 aliphatic heterocycles. The highest BCUT2D eigenvalue weighted by Gasteiger charge is 2.25. The molecule has 1 aromatic carbocycles. The smallest absolute Gasteiger partial charge is 0.0471 e. The van der Waals surface area contributed by atoms with Crippen molar-refractivity contribution in [2.75, 3.05) is 19.7 Å². The monoisotopic (exact) mass is 205 g/mol. The lowest BCUT2D eigenvalue weighted by molar-refractivity contribution is 0.204. The predicted octanol–water partition coefficient (Wildman–Crippen LogP) is 2.06. The normalized spacial score (nSPS) is 24.3. The number of aliphatic hydroxyl groups excluding tert-OH is 1. The summed E-state index contributed by atoms with van der Waals surface area (Å²) in [7, 11) is 0. The summed E-state index contributed by atoms with van der Waals surface area (Å²) >= 11 is 0. The number of hydrogen-bond acceptors (Lipinski definition) is 2. The molecule has 0 amide bonds. The highest BCUT2D eigenvalue weighted by molar-refractivity contribution is 5.18. The van der Waals surface area contributed by atoms with E-state index in [2.05, 4.69) is 42.2 Å². The fourth-order valence-corrected chi connectivity index (χ4v) is 2.31. The molecule has 0 aliphatic carbocycles. The molecule has 1 aliphatic rings. The Hall–Kier alpha value is -0.860. The summed E-state index contributed by atoms with van der Waals surface area (Å²) in [6.45, 7) is 4.72. The van der Waals surface area contributed by atoms with Crippen molar-refractivity contribution >= 4 is 0 Å². The zero-order valence-electron chi connectivity index (χ0n) is 9.26. The number of hydrogen-bond donors (Lipinski definition) is 1. The van der Waals surface area contributed by atoms with E-state index in [0.717, 1.165) is 19.5 Å². The average molecular weight is 205 g/mol. The number of benzene rings is 1. The first-order valence-corrected chi connectivity index (χ1v) is 5.71. The van der Waals surface area contributed by atoms with Gasteiger partial charge >= 0.3 is 0 Å². The van der Waals surface area contributed by atoms with Gasteiger partial charge < -0.3 is 5.11 Å². The highest BCUT2D eigenvalue weighted by atomic mass is 16.3. The molecule has 1 heterocycles. The van der Waals surface area contributed by atoms with Crippen molar-refractivity contribution < 1.29 is 5.11 Å². The van der Waals surface area contributed by atoms with Crippen molar-refractivity contribution in [2.45, 2.75) is 19.4 Å². The molecule has 2 rings (SSSR count). The molecule has 0 bridgehead atoms. The maximum Gasteiger partial charge on any atom is 0.0471 e. The van der Waals surface area contributed by atoms with Crippen LogP contribution in [0, 0.1) is 5.92 Å². The van der Waals surface area contributed by atoms with Gasteiger partial charge in [-0.25, -0.2) is 0 Å². The van der Waals surface area contributed by atoms with Gasteiger partial charge in [-0.05, 0) is 31.4 Å². The molecular weight excluding hydrogens is 186 g/mol. The van der Waals surface area contributed by atoms with Crippen LogP contribution in [0.15, 0.2) is 30.3 Å². The molecule has 15 heavy (non-hydrogen) atoms. The second kappa shape index (κ2) is 4.77. The van der Waals surface area contributed by atoms with Crippen molar-refractivity contribution in [3.05, 3.63) is 35.9 Å². The molecule has 0 aromatic heterocycles. The lowest BCUT2D eigenvalue weighted by Gasteiger charge is -2.24. The van der Waals surface area contributed by atoms with Gasteiger partial charge in [0.1, 0.15) is 0 Å². The molecular formula is C13H19NO. The van der Waals surface area contributed by atoms with Crippen LogP contribution < -0.4 is 0 Å². The van der Waals surface area contributed by atoms with Crippen molar-refractivity contribution in [1.82, 2.24) is 4.90 Å². The van der Waals surface area contributed by atoms with Crippen molar-refractivity contribution in [1.29, 1.82) is 0 Å². The maximum atomic E-state index is 9.11. The Labute approximate surface area is 91.5 Å². The predicted molar refractivity (Wildman–Crippen MR) is 61.6 cm³/mol. The van der Waals surface area contributed by atoms with E-state index in [9.17, 15) is 0 Å². The van der Waals surface area contributed by atoms with Crippen LogP contribution in [0.2, 0.25) is 0 Å². The van der Waals surface area contributed by atoms with Crippen LogP contribution in [0.25, 0.3) is 0 Å². The second-order valence-corrected chi connectivity index (χ2v) is 4.42. The Kier molecular flexibility index (Phi) is 3.39. The van der Waals surface area contributed by atoms with Gasteiger partial charge in [-0.1, -0.05) is 30.3 Å². The minimum atomic E-state index is 0.331. The summed E-state index contributed by atoms with van der Waals surface area (Å²) in [6.07, 6.45) is 1.13. The fraction of sp³-hybridized carbons (Fsp3) is 0.538. The Morgan fingerprint density at radius 1 is 1.40 bits per heavy atom. The van der Waals surface area contributed by atoms with Gasteiger partial charge in [-0.15, -0.1) is 0 Å². The van der Waals surface area contributed by atoms with Crippen LogP contribution in [0.3, 0.4) is 0 Å². The van der Waals surface area contributed by atoms with Crippen LogP contribution in [-0.4, -0.2) is 29.7 Å². The molecule has 1 unspecified atom stereocenters. The largest absolute Gasteiger partial charge is 0.396 e. The Morgan fingerprint density at radius 2 is 2.13 bits per heavy atom. The van der Waals surface area contributed by atoms with Gasteiger partial charge in [0.15, 0.2) is 0 Å². The van der Waals surface area contributed by atoms with Crippen LogP contribution in [0.5, 0.6) is 0 Å². The van der Waals surface area contributed by atoms with Crippen LogP contribution >= 0.6 is 0 Å². The number of aliphatic hydroxyl groups is 1. The molecule has 1 fully saturated rings. The van der Waals surface area contributed by atoms with E-state index in [1.807, 2.05) is 0 Å². The number of nitrogens with zero attached hydrogens (tertiary/aromatic N) is 1. The molecule has 0 saturated carbocycles. The van der Waals surface area contributed by atoms with Crippen LogP contribution in [0.4, 0.5) is 0 Å². The molecule has 82 valence electrons. The standard InChI is InChI=1S/C13H19NO/c1-11(13-5-3-2-4-6-13)14-8-7-12(9-14)10-15/h2-6,11-12,15H,7-10H2,1H3/t11-,12?/m1/s1. The quantitative estimate of drug-likeness (QED) is 0.816. The molecule has 2 heteroatoms. The number of rotatable bonds is 3. The first kappa shape index (κ1) is 10.7. The highest BCUT2D eigenvalue weighted by Crippen LogP contribution is 2.26. The van der Waals surface area contributed by atoms with E-state index in [0.29, 0.717) is 18.6 Å². The fourth-order valence-electron chi connectivity index (χ4n) is 2.31. The number of likely N-dealkylation sites (tertiary alicyclic amines) is 1. The maximum absolute atomic E-state index is 9.11. The zero-order valence-corrected chi connectivity index (χ0v) is 9.26. The van der Waals surface area contributed by atoms with Gasteiger partial charge in [0.05, 0.1) is 0 Å². The second-order valence-electron chi connectivity index (χ2n) is 4.42. The lowest BCUT2D eigenvalue weighted by atomic mass is 10.1. The molecule has 1 saturated heterocycles. The SMILES string of the molecule is C[C@H](c1ccccc1)N1CCC(CO)C1. The van der Waals surface area contributed by atoms with Gasteiger partial charge in [0.25, 0.3) is 0 Å². The summed E-state index contributed by atoms with van der Waals surface area (Å²) in [6, 6.07) is 11.1. The van der Waals surface area contributed by atoms with E-state index in [-0.39, 0.29) is 0 Å². The van der Waals surface area contributed by atoms with Crippen LogP contribution in [0.1, 0.15) is 24.9 Å². The molecule has 0 radical (unpaired) electrons. The first-order valence-electron chi connectivity index (χ1n) is 5.71. The van der Waals surface area contributed by atoms with E-state index >= 15 is 0 Å². The Balaban J connectivity index is 2.00. The third kappa shape index (κ3) is 2.39. The molecule has 2 atom stereocenters. The Morgan fingerprint density at radius 3 is 2.73 bits per heavy atom. The Bertz CT molecular complexity index is 299. The van der Waals surface area contributed by atoms with Crippen molar-refractivity contribution in [2.24, 2.45) is 5.92 Å². The van der Waals surface area contributed by atoms with Gasteiger partial charge in [-0.2, -0.15) is 0 Å². The lowest BCUT2D eigenvalue weighted by Crippen LogP contribution is -2.25. The van der Waals surface area contributed by atoms with E-state index in [1.165, 1.54) is 5.56 Å². The minimum absolute atomic E-state index is 0.331. The van der Waals surface area contributed by atoms with E-state index in [4.69, 9.17) is 5.11 Å². The first-order chi connectivity index (χ1) is 7.31. The summed E-state index contributed by atoms with van der Waals surface area (Å²) in [5.41, 5.74) is 1.37. The van der Waals surface area contributed by atoms with Crippen LogP contribution in [-0.2, 0) is 0 Å². The molecule has 2 nitrogen and oxygen atoms in total. The minimum Gasteiger partial charge on any atom is -0.396 e. The third-order valence-electron chi connectivity index (χ3n) is 3.41. The van der Waals surface area contributed by atoms with Gasteiger partial charge in [0, 0.05) is 19.2 Å². The average Bonchev–Trinajstić information content (AvgIpc) is 2.78. The zero-order chi connectivity index (χ0) is 10.7. The molecule has 0 spiro atoms. The van der Waals surface area contributed by atoms with E-state index < -0.39 is 0 Å². The van der Waals surface area contributed by atoms with Gasteiger partial charge in [-0.3, -0.25) is 4.90 Å². The van der Waals surface area contributed by atoms with E-state index in [1.54, 1.807) is 0 Å². The summed E-state index contributed by atoms with van der Waals surface area (Å²) in [5.74, 6) is 0.483. The topological polar surface area (TPSA) is 23.5 Å². The molecule has 1 aromatic rings. The van der Waals surface area contributed by atoms with Crippen molar-refractivity contribution in [3.8, 4) is 0 Å². The third-order valence-corrected chi connectivity index (χ3v) is 3.41. The summed E-state index contributed by atoms with van der Waals surface area (Å²) < 4.78 is 0. The molecule has 1 N–H and O–H groups in total.